The summed E-state index contributed by atoms with van der Waals surface area (Å²) in [7, 11) is 4.80. The summed E-state index contributed by atoms with van der Waals surface area (Å²) in [5.41, 5.74) is 2.87. The SMILES string of the molecule is Cc1ccc(NC(=O)CCSc2nc3c(=O)n(C)c(=O)n(C)c3n2C)c(C)c1. The molecule has 0 unspecified atom stereocenters. The minimum absolute atomic E-state index is 0.0819. The first kappa shape index (κ1) is 19.9. The normalized spacial score (nSPS) is 11.2. The van der Waals surface area contributed by atoms with E-state index < -0.39 is 11.2 Å². The number of hydrogen-bond donors (Lipinski definition) is 1. The van der Waals surface area contributed by atoms with Gasteiger partial charge in [0.25, 0.3) is 5.56 Å². The minimum atomic E-state index is -0.423. The Morgan fingerprint density at radius 1 is 1.11 bits per heavy atom. The number of carbonyl (C=O) groups excluding carboxylic acids is 1. The molecule has 0 aliphatic heterocycles. The van der Waals surface area contributed by atoms with Crippen LogP contribution in [0.1, 0.15) is 17.5 Å². The lowest BCUT2D eigenvalue weighted by molar-refractivity contribution is -0.115. The summed E-state index contributed by atoms with van der Waals surface area (Å²) in [6, 6.07) is 5.88. The molecule has 0 fully saturated rings. The van der Waals surface area contributed by atoms with E-state index in [2.05, 4.69) is 10.3 Å². The van der Waals surface area contributed by atoms with Gasteiger partial charge in [-0.3, -0.25) is 18.7 Å². The third-order valence-electron chi connectivity index (χ3n) is 4.64. The van der Waals surface area contributed by atoms with E-state index >= 15 is 0 Å². The van der Waals surface area contributed by atoms with Crippen molar-refractivity contribution in [2.75, 3.05) is 11.1 Å². The number of thioether (sulfide) groups is 1. The van der Waals surface area contributed by atoms with E-state index in [4.69, 9.17) is 0 Å². The number of aryl methyl sites for hydroxylation is 4. The molecule has 0 aliphatic rings. The third-order valence-corrected chi connectivity index (χ3v) is 5.67. The average molecular weight is 401 g/mol. The molecule has 2 heterocycles. The lowest BCUT2D eigenvalue weighted by atomic mass is 10.1. The van der Waals surface area contributed by atoms with Gasteiger partial charge in [0.2, 0.25) is 5.91 Å². The van der Waals surface area contributed by atoms with Crippen molar-refractivity contribution in [3.8, 4) is 0 Å². The quantitative estimate of drug-likeness (QED) is 0.657. The number of imidazole rings is 1. The minimum Gasteiger partial charge on any atom is -0.326 e. The van der Waals surface area contributed by atoms with Gasteiger partial charge in [0.15, 0.2) is 16.3 Å². The Morgan fingerprint density at radius 3 is 2.50 bits per heavy atom. The van der Waals surface area contributed by atoms with Gasteiger partial charge in [-0.05, 0) is 25.5 Å². The van der Waals surface area contributed by atoms with Crippen LogP contribution in [0.25, 0.3) is 11.2 Å². The summed E-state index contributed by atoms with van der Waals surface area (Å²) in [5.74, 6) is 0.420. The number of hydrogen-bond acceptors (Lipinski definition) is 5. The fourth-order valence-electron chi connectivity index (χ4n) is 3.09. The first-order valence-electron chi connectivity index (χ1n) is 8.83. The average Bonchev–Trinajstić information content (AvgIpc) is 2.97. The zero-order valence-corrected chi connectivity index (χ0v) is 17.4. The van der Waals surface area contributed by atoms with Crippen molar-refractivity contribution < 1.29 is 4.79 Å². The van der Waals surface area contributed by atoms with Gasteiger partial charge in [0, 0.05) is 39.0 Å². The molecular weight excluding hydrogens is 378 g/mol. The van der Waals surface area contributed by atoms with Crippen LogP contribution in [-0.4, -0.2) is 30.3 Å². The second-order valence-electron chi connectivity index (χ2n) is 6.80. The predicted octanol–water partition coefficient (Wildman–Crippen LogP) is 1.71. The number of benzene rings is 1. The number of rotatable bonds is 5. The van der Waals surface area contributed by atoms with Crippen LogP contribution in [0.15, 0.2) is 32.9 Å². The maximum absolute atomic E-state index is 12.3. The van der Waals surface area contributed by atoms with E-state index in [0.29, 0.717) is 23.0 Å². The van der Waals surface area contributed by atoms with E-state index in [-0.39, 0.29) is 11.4 Å². The van der Waals surface area contributed by atoms with E-state index in [9.17, 15) is 14.4 Å². The maximum Gasteiger partial charge on any atom is 0.332 e. The molecule has 0 radical (unpaired) electrons. The lowest BCUT2D eigenvalue weighted by Crippen LogP contribution is -2.37. The molecule has 3 rings (SSSR count). The van der Waals surface area contributed by atoms with Crippen molar-refractivity contribution in [2.45, 2.75) is 25.4 Å². The number of amides is 1. The van der Waals surface area contributed by atoms with E-state index in [1.807, 2.05) is 32.0 Å². The van der Waals surface area contributed by atoms with Crippen LogP contribution < -0.4 is 16.6 Å². The summed E-state index contributed by atoms with van der Waals surface area (Å²) in [6.45, 7) is 3.97. The van der Waals surface area contributed by atoms with Crippen LogP contribution in [0, 0.1) is 13.8 Å². The molecule has 148 valence electrons. The van der Waals surface area contributed by atoms with E-state index in [0.717, 1.165) is 21.4 Å². The Labute approximate surface area is 166 Å². The van der Waals surface area contributed by atoms with Gasteiger partial charge in [0.05, 0.1) is 0 Å². The summed E-state index contributed by atoms with van der Waals surface area (Å²) in [5, 5.41) is 3.51. The van der Waals surface area contributed by atoms with Crippen LogP contribution in [-0.2, 0) is 25.9 Å². The zero-order valence-electron chi connectivity index (χ0n) is 16.6. The number of fused-ring (bicyclic) bond motifs is 1. The maximum atomic E-state index is 12.3. The molecular formula is C19H23N5O3S. The smallest absolute Gasteiger partial charge is 0.326 e. The van der Waals surface area contributed by atoms with Crippen molar-refractivity contribution in [3.63, 3.8) is 0 Å². The number of nitrogens with one attached hydrogen (secondary N) is 1. The molecule has 0 spiro atoms. The Kier molecular flexibility index (Phi) is 5.46. The molecule has 1 N–H and O–H groups in total. The van der Waals surface area contributed by atoms with Crippen molar-refractivity contribution in [1.29, 1.82) is 0 Å². The summed E-state index contributed by atoms with van der Waals surface area (Å²) < 4.78 is 4.16. The highest BCUT2D eigenvalue weighted by Gasteiger charge is 2.17. The molecule has 3 aromatic rings. The Hall–Kier alpha value is -2.81. The van der Waals surface area contributed by atoms with E-state index in [1.165, 1.54) is 23.4 Å². The highest BCUT2D eigenvalue weighted by molar-refractivity contribution is 7.99. The van der Waals surface area contributed by atoms with Gasteiger partial charge < -0.3 is 9.88 Å². The molecule has 0 saturated heterocycles. The van der Waals surface area contributed by atoms with Crippen LogP contribution >= 0.6 is 11.8 Å². The van der Waals surface area contributed by atoms with Crippen LogP contribution in [0.2, 0.25) is 0 Å². The molecule has 1 amide bonds. The Balaban J connectivity index is 1.72. The van der Waals surface area contributed by atoms with Gasteiger partial charge in [-0.1, -0.05) is 29.5 Å². The fraction of sp³-hybridized carbons (Fsp3) is 0.368. The highest BCUT2D eigenvalue weighted by Crippen LogP contribution is 2.21. The van der Waals surface area contributed by atoms with Crippen LogP contribution in [0.4, 0.5) is 5.69 Å². The molecule has 9 heteroatoms. The van der Waals surface area contributed by atoms with Gasteiger partial charge in [-0.25, -0.2) is 9.78 Å². The monoisotopic (exact) mass is 401 g/mol. The predicted molar refractivity (Wildman–Crippen MR) is 111 cm³/mol. The van der Waals surface area contributed by atoms with Gasteiger partial charge >= 0.3 is 5.69 Å². The van der Waals surface area contributed by atoms with Crippen molar-refractivity contribution >= 4 is 34.5 Å². The standard InChI is InChI=1S/C19H23N5O3S/c1-11-6-7-13(12(2)10-11)20-14(25)8-9-28-18-21-15-16(22(18)3)23(4)19(27)24(5)17(15)26/h6-7,10H,8-9H2,1-5H3,(H,20,25). The first-order chi connectivity index (χ1) is 13.2. The lowest BCUT2D eigenvalue weighted by Gasteiger charge is -2.09. The molecule has 1 aromatic carbocycles. The van der Waals surface area contributed by atoms with Gasteiger partial charge in [0.1, 0.15) is 0 Å². The molecule has 0 saturated carbocycles. The van der Waals surface area contributed by atoms with Crippen molar-refractivity contribution in [2.24, 2.45) is 21.1 Å². The molecule has 0 bridgehead atoms. The number of carbonyl (C=O) groups is 1. The fourth-order valence-corrected chi connectivity index (χ4v) is 4.00. The number of anilines is 1. The van der Waals surface area contributed by atoms with Gasteiger partial charge in [-0.2, -0.15) is 0 Å². The largest absolute Gasteiger partial charge is 0.332 e. The van der Waals surface area contributed by atoms with Crippen LogP contribution in [0.3, 0.4) is 0 Å². The summed E-state index contributed by atoms with van der Waals surface area (Å²) in [4.78, 5) is 41.0. The summed E-state index contributed by atoms with van der Waals surface area (Å²) in [6.07, 6.45) is 0.304. The first-order valence-corrected chi connectivity index (χ1v) is 9.81. The number of aromatic nitrogens is 4. The second kappa shape index (κ2) is 7.67. The topological polar surface area (TPSA) is 90.9 Å². The van der Waals surface area contributed by atoms with Crippen molar-refractivity contribution in [3.05, 3.63) is 50.2 Å². The molecule has 28 heavy (non-hydrogen) atoms. The molecule has 0 atom stereocenters. The van der Waals surface area contributed by atoms with Gasteiger partial charge in [-0.15, -0.1) is 0 Å². The van der Waals surface area contributed by atoms with Crippen molar-refractivity contribution in [1.82, 2.24) is 18.7 Å². The third kappa shape index (κ3) is 3.62. The Bertz CT molecular complexity index is 1190. The Morgan fingerprint density at radius 2 is 1.82 bits per heavy atom. The van der Waals surface area contributed by atoms with E-state index in [1.54, 1.807) is 18.7 Å². The number of nitrogens with zero attached hydrogens (tertiary/aromatic N) is 4. The van der Waals surface area contributed by atoms with Crippen LogP contribution in [0.5, 0.6) is 0 Å². The molecule has 2 aromatic heterocycles. The molecule has 0 aliphatic carbocycles. The highest BCUT2D eigenvalue weighted by atomic mass is 32.2. The molecule has 8 nitrogen and oxygen atoms in total. The zero-order chi connectivity index (χ0) is 20.6. The summed E-state index contributed by atoms with van der Waals surface area (Å²) >= 11 is 1.37. The second-order valence-corrected chi connectivity index (χ2v) is 7.86.